The highest BCUT2D eigenvalue weighted by molar-refractivity contribution is 5.98. The van der Waals surface area contributed by atoms with Crippen molar-refractivity contribution in [1.82, 2.24) is 31.5 Å². The molecule has 2 heterocycles. The van der Waals surface area contributed by atoms with Crippen LogP contribution in [0.3, 0.4) is 0 Å². The van der Waals surface area contributed by atoms with Crippen molar-refractivity contribution in [2.45, 2.75) is 108 Å². The molecule has 0 spiro atoms. The van der Waals surface area contributed by atoms with Crippen molar-refractivity contribution in [3.63, 3.8) is 0 Å². The number of aliphatic hydroxyl groups excluding tert-OH is 1. The largest absolute Gasteiger partial charge is 0.391 e. The highest BCUT2D eigenvalue weighted by atomic mass is 16.3. The van der Waals surface area contributed by atoms with Crippen molar-refractivity contribution in [3.05, 3.63) is 71.3 Å². The lowest BCUT2D eigenvalue weighted by Gasteiger charge is -2.32. The van der Waals surface area contributed by atoms with Crippen molar-refractivity contribution >= 4 is 35.4 Å². The van der Waals surface area contributed by atoms with Gasteiger partial charge in [0.15, 0.2) is 0 Å². The first-order chi connectivity index (χ1) is 23.8. The average molecular weight is 689 g/mol. The molecule has 2 aliphatic heterocycles. The molecule has 2 saturated heterocycles. The number of carbonyl (C=O) groups is 6. The fourth-order valence-electron chi connectivity index (χ4n) is 7.05. The minimum atomic E-state index is -1.39. The van der Waals surface area contributed by atoms with E-state index in [-0.39, 0.29) is 31.2 Å². The lowest BCUT2D eigenvalue weighted by molar-refractivity contribution is -0.143. The van der Waals surface area contributed by atoms with Crippen LogP contribution in [0.4, 0.5) is 0 Å². The predicted octanol–water partition coefficient (Wildman–Crippen LogP) is 0.906. The fraction of sp³-hybridized carbons (Fsp3) is 0.514. The highest BCUT2D eigenvalue weighted by Gasteiger charge is 2.45. The second-order valence-electron chi connectivity index (χ2n) is 14.1. The molecule has 0 radical (unpaired) electrons. The van der Waals surface area contributed by atoms with Gasteiger partial charge in [-0.05, 0) is 62.3 Å². The van der Waals surface area contributed by atoms with Crippen molar-refractivity contribution in [1.29, 1.82) is 0 Å². The van der Waals surface area contributed by atoms with E-state index in [1.54, 1.807) is 30.3 Å². The van der Waals surface area contributed by atoms with Gasteiger partial charge >= 0.3 is 0 Å². The highest BCUT2D eigenvalue weighted by Crippen LogP contribution is 2.27. The number of nitrogens with zero attached hydrogens (tertiary/aromatic N) is 1. The molecule has 2 aromatic rings. The molecule has 3 fully saturated rings. The predicted molar refractivity (Wildman–Crippen MR) is 184 cm³/mol. The number of aliphatic hydroxyl groups is 1. The van der Waals surface area contributed by atoms with Gasteiger partial charge in [0.2, 0.25) is 29.5 Å². The molecule has 8 atom stereocenters. The normalized spacial score (nSPS) is 28.6. The summed E-state index contributed by atoms with van der Waals surface area (Å²) < 4.78 is 0. The molecule has 1 saturated carbocycles. The maximum atomic E-state index is 14.5. The minimum absolute atomic E-state index is 0.0331. The maximum Gasteiger partial charge on any atom is 0.251 e. The van der Waals surface area contributed by atoms with E-state index >= 15 is 0 Å². The van der Waals surface area contributed by atoms with Crippen LogP contribution in [0.1, 0.15) is 80.8 Å². The van der Waals surface area contributed by atoms with E-state index in [1.807, 2.05) is 38.1 Å². The molecule has 1 aliphatic carbocycles. The Kier molecular flexibility index (Phi) is 11.6. The number of fused-ring (bicyclic) bond motifs is 2. The Bertz CT molecular complexity index is 1600. The SMILES string of the molecule is CC(C)c1cccc(C(=O)N[C@@H]2C[C@H]3C(=O)N[C@@H](C)C(=O)N[C@@H]4CCC[C@H]4C(=O)N[C@@H]([C@@H](C)O)C(=O)N[C@@H](Cc4ccccc4)C(=O)N3C2)c1. The van der Waals surface area contributed by atoms with Crippen molar-refractivity contribution in [3.8, 4) is 0 Å². The monoisotopic (exact) mass is 688 g/mol. The lowest BCUT2D eigenvalue weighted by Crippen LogP contribution is -2.61. The summed E-state index contributed by atoms with van der Waals surface area (Å²) >= 11 is 0. The Morgan fingerprint density at radius 2 is 1.62 bits per heavy atom. The second-order valence-corrected chi connectivity index (χ2v) is 14.1. The van der Waals surface area contributed by atoms with E-state index in [0.717, 1.165) is 11.1 Å². The molecule has 6 N–H and O–H groups in total. The Balaban J connectivity index is 1.48. The molecule has 50 heavy (non-hydrogen) atoms. The van der Waals surface area contributed by atoms with Gasteiger partial charge < -0.3 is 36.6 Å². The van der Waals surface area contributed by atoms with Gasteiger partial charge in [-0.25, -0.2) is 0 Å². The van der Waals surface area contributed by atoms with E-state index in [1.165, 1.54) is 18.7 Å². The van der Waals surface area contributed by atoms with E-state index in [9.17, 15) is 33.9 Å². The zero-order valence-corrected chi connectivity index (χ0v) is 29.0. The molecule has 6 amide bonds. The molecular weight excluding hydrogens is 640 g/mol. The van der Waals surface area contributed by atoms with Crippen LogP contribution in [0.15, 0.2) is 54.6 Å². The summed E-state index contributed by atoms with van der Waals surface area (Å²) in [7, 11) is 0. The summed E-state index contributed by atoms with van der Waals surface area (Å²) in [5.41, 5.74) is 2.17. The van der Waals surface area contributed by atoms with Crippen molar-refractivity contribution in [2.24, 2.45) is 5.92 Å². The zero-order valence-electron chi connectivity index (χ0n) is 29.0. The zero-order chi connectivity index (χ0) is 36.1. The summed E-state index contributed by atoms with van der Waals surface area (Å²) in [6.45, 7) is 6.93. The molecule has 268 valence electrons. The van der Waals surface area contributed by atoms with E-state index in [4.69, 9.17) is 0 Å². The van der Waals surface area contributed by atoms with Gasteiger partial charge in [0, 0.05) is 30.6 Å². The Morgan fingerprint density at radius 1 is 0.880 bits per heavy atom. The molecule has 0 aromatic heterocycles. The van der Waals surface area contributed by atoms with Crippen molar-refractivity contribution < 1.29 is 33.9 Å². The molecular formula is C37H48N6O7. The number of amides is 6. The Labute approximate surface area is 292 Å². The molecule has 13 nitrogen and oxygen atoms in total. The third-order valence-electron chi connectivity index (χ3n) is 9.93. The van der Waals surface area contributed by atoms with Crippen LogP contribution in [0, 0.1) is 5.92 Å². The molecule has 0 unspecified atom stereocenters. The standard InChI is InChI=1S/C37H48N6O7/c1-20(2)24-12-8-13-25(17-24)33(46)39-26-18-30-35(48)38-21(3)32(45)40-28-15-9-14-27(28)34(47)42-31(22(4)44)36(49)41-29(37(50)43(30)19-26)16-23-10-6-5-7-11-23/h5-8,10-13,17,20-22,26-31,44H,9,14-16,18-19H2,1-4H3,(H,38,48)(H,39,46)(H,40,45)(H,41,49)(H,42,47)/t21-,22+,26+,27+,28+,29-,30-,31-/m0/s1. The summed E-state index contributed by atoms with van der Waals surface area (Å²) in [5, 5.41) is 24.6. The van der Waals surface area contributed by atoms with Crippen LogP contribution in [0.2, 0.25) is 0 Å². The molecule has 0 bridgehead atoms. The van der Waals surface area contributed by atoms with E-state index < -0.39 is 77.8 Å². The maximum absolute atomic E-state index is 14.5. The number of rotatable bonds is 6. The minimum Gasteiger partial charge on any atom is -0.391 e. The van der Waals surface area contributed by atoms with Gasteiger partial charge in [-0.3, -0.25) is 28.8 Å². The lowest BCUT2D eigenvalue weighted by atomic mass is 10.00. The second kappa shape index (κ2) is 15.8. The van der Waals surface area contributed by atoms with E-state index in [2.05, 4.69) is 26.6 Å². The molecule has 5 rings (SSSR count). The average Bonchev–Trinajstić information content (AvgIpc) is 3.73. The number of nitrogens with one attached hydrogen (secondary N) is 5. The third-order valence-corrected chi connectivity index (χ3v) is 9.93. The third kappa shape index (κ3) is 8.50. The number of benzene rings is 2. The number of hydrogen-bond acceptors (Lipinski definition) is 7. The quantitative estimate of drug-likeness (QED) is 0.260. The summed E-state index contributed by atoms with van der Waals surface area (Å²) in [6, 6.07) is 10.5. The van der Waals surface area contributed by atoms with Crippen LogP contribution < -0.4 is 26.6 Å². The number of carbonyl (C=O) groups excluding carboxylic acids is 6. The number of hydrogen-bond donors (Lipinski definition) is 6. The fourth-order valence-corrected chi connectivity index (χ4v) is 7.05. The smallest absolute Gasteiger partial charge is 0.251 e. The first kappa shape index (κ1) is 36.5. The van der Waals surface area contributed by atoms with Gasteiger partial charge in [-0.1, -0.05) is 62.7 Å². The van der Waals surface area contributed by atoms with Crippen molar-refractivity contribution in [2.75, 3.05) is 6.54 Å². The van der Waals surface area contributed by atoms with Gasteiger partial charge in [0.05, 0.1) is 12.0 Å². The van der Waals surface area contributed by atoms with Gasteiger partial charge in [-0.15, -0.1) is 0 Å². The Morgan fingerprint density at radius 3 is 2.32 bits per heavy atom. The summed E-state index contributed by atoms with van der Waals surface area (Å²) in [5.74, 6) is -3.73. The molecule has 13 heteroatoms. The van der Waals surface area contributed by atoms with Gasteiger partial charge in [0.1, 0.15) is 24.2 Å². The topological polar surface area (TPSA) is 186 Å². The summed E-state index contributed by atoms with van der Waals surface area (Å²) in [4.78, 5) is 83.5. The van der Waals surface area contributed by atoms with Crippen LogP contribution in [0.5, 0.6) is 0 Å². The van der Waals surface area contributed by atoms with Crippen LogP contribution in [0.25, 0.3) is 0 Å². The van der Waals surface area contributed by atoms with Crippen LogP contribution in [-0.2, 0) is 30.4 Å². The first-order valence-corrected chi connectivity index (χ1v) is 17.5. The molecule has 2 aromatic carbocycles. The van der Waals surface area contributed by atoms with Crippen LogP contribution >= 0.6 is 0 Å². The van der Waals surface area contributed by atoms with Gasteiger partial charge in [0.25, 0.3) is 5.91 Å². The summed E-state index contributed by atoms with van der Waals surface area (Å²) in [6.07, 6.45) is 0.478. The first-order valence-electron chi connectivity index (χ1n) is 17.5. The van der Waals surface area contributed by atoms with Crippen LogP contribution in [-0.4, -0.2) is 94.3 Å². The van der Waals surface area contributed by atoms with Gasteiger partial charge in [-0.2, -0.15) is 0 Å². The Hall–Kier alpha value is -4.78. The molecule has 3 aliphatic rings. The van der Waals surface area contributed by atoms with E-state index in [0.29, 0.717) is 24.8 Å².